The molecule has 1 fully saturated rings. The van der Waals surface area contributed by atoms with E-state index in [2.05, 4.69) is 0 Å². The van der Waals surface area contributed by atoms with Gasteiger partial charge in [-0.25, -0.2) is 18.3 Å². The Bertz CT molecular complexity index is 935. The maximum absolute atomic E-state index is 13.0. The summed E-state index contributed by atoms with van der Waals surface area (Å²) < 4.78 is 45.6. The van der Waals surface area contributed by atoms with Gasteiger partial charge in [0.1, 0.15) is 23.4 Å². The van der Waals surface area contributed by atoms with Gasteiger partial charge < -0.3 is 9.64 Å². The summed E-state index contributed by atoms with van der Waals surface area (Å²) in [5.74, 6) is -0.377. The van der Waals surface area contributed by atoms with Crippen molar-refractivity contribution in [2.24, 2.45) is 0 Å². The number of ether oxygens (including phenoxy) is 1. The number of benzene rings is 2. The van der Waals surface area contributed by atoms with Gasteiger partial charge in [0.05, 0.1) is 4.90 Å². The maximum atomic E-state index is 13.0. The Balaban J connectivity index is 1.81. The minimum atomic E-state index is -3.96. The number of hydroxylamine groups is 1. The van der Waals surface area contributed by atoms with Crippen LogP contribution in [-0.2, 0) is 14.8 Å². The van der Waals surface area contributed by atoms with E-state index in [0.29, 0.717) is 18.0 Å². The highest BCUT2D eigenvalue weighted by Gasteiger charge is 2.39. The van der Waals surface area contributed by atoms with E-state index in [9.17, 15) is 17.6 Å². The number of sulfonamides is 1. The first-order chi connectivity index (χ1) is 13.3. The molecule has 1 aliphatic rings. The molecule has 150 valence electrons. The summed E-state index contributed by atoms with van der Waals surface area (Å²) in [5, 5.41) is 8.94. The fraction of sp³-hybridized carbons (Fsp3) is 0.278. The van der Waals surface area contributed by atoms with Crippen LogP contribution in [-0.4, -0.2) is 61.5 Å². The van der Waals surface area contributed by atoms with Crippen LogP contribution in [0.25, 0.3) is 0 Å². The van der Waals surface area contributed by atoms with Crippen LogP contribution >= 0.6 is 0 Å². The Hall–Kier alpha value is -2.53. The van der Waals surface area contributed by atoms with Crippen molar-refractivity contribution < 1.29 is 27.5 Å². The normalized spacial score (nSPS) is 18.6. The predicted molar refractivity (Wildman–Crippen MR) is 98.0 cm³/mol. The van der Waals surface area contributed by atoms with Crippen LogP contribution in [0.3, 0.4) is 0 Å². The molecule has 3 rings (SSSR count). The van der Waals surface area contributed by atoms with Gasteiger partial charge in [-0.15, -0.1) is 0 Å². The molecular formula is C18H20FN3O5S. The molecule has 1 aliphatic heterocycles. The summed E-state index contributed by atoms with van der Waals surface area (Å²) in [7, 11) is -2.19. The van der Waals surface area contributed by atoms with Crippen LogP contribution in [0.15, 0.2) is 53.4 Å². The minimum Gasteiger partial charge on any atom is -0.457 e. The number of piperazine rings is 1. The van der Waals surface area contributed by atoms with E-state index >= 15 is 0 Å². The van der Waals surface area contributed by atoms with E-state index in [1.54, 1.807) is 7.05 Å². The SMILES string of the molecule is CN1CCN(S(=O)(=O)c2ccc(Oc3ccc(F)cc3)cc2)C(C(=O)NO)C1. The van der Waals surface area contributed by atoms with Crippen molar-refractivity contribution in [2.75, 3.05) is 26.7 Å². The quantitative estimate of drug-likeness (QED) is 0.573. The highest BCUT2D eigenvalue weighted by molar-refractivity contribution is 7.89. The second-order valence-electron chi connectivity index (χ2n) is 6.40. The molecule has 2 aromatic rings. The Morgan fingerprint density at radius 3 is 2.25 bits per heavy atom. The summed E-state index contributed by atoms with van der Waals surface area (Å²) in [6.45, 7) is 0.738. The molecule has 0 radical (unpaired) electrons. The molecule has 0 saturated carbocycles. The van der Waals surface area contributed by atoms with Crippen molar-refractivity contribution in [3.05, 3.63) is 54.3 Å². The van der Waals surface area contributed by atoms with Gasteiger partial charge in [-0.1, -0.05) is 0 Å². The van der Waals surface area contributed by atoms with Gasteiger partial charge in [-0.3, -0.25) is 10.0 Å². The average molecular weight is 409 g/mol. The molecule has 10 heteroatoms. The predicted octanol–water partition coefficient (Wildman–Crippen LogP) is 1.43. The van der Waals surface area contributed by atoms with Crippen molar-refractivity contribution >= 4 is 15.9 Å². The monoisotopic (exact) mass is 409 g/mol. The number of rotatable bonds is 5. The lowest BCUT2D eigenvalue weighted by atomic mass is 10.2. The van der Waals surface area contributed by atoms with Crippen LogP contribution in [0.4, 0.5) is 4.39 Å². The number of nitrogens with one attached hydrogen (secondary N) is 1. The number of nitrogens with zero attached hydrogens (tertiary/aromatic N) is 2. The van der Waals surface area contributed by atoms with Crippen molar-refractivity contribution in [1.29, 1.82) is 0 Å². The number of carbonyl (C=O) groups is 1. The molecule has 0 aliphatic carbocycles. The topological polar surface area (TPSA) is 99.2 Å². The molecule has 1 unspecified atom stereocenters. The van der Waals surface area contributed by atoms with Gasteiger partial charge in [0.2, 0.25) is 10.0 Å². The zero-order chi connectivity index (χ0) is 20.3. The minimum absolute atomic E-state index is 0.000695. The molecule has 0 bridgehead atoms. The van der Waals surface area contributed by atoms with Gasteiger partial charge in [0, 0.05) is 19.6 Å². The van der Waals surface area contributed by atoms with Gasteiger partial charge in [-0.2, -0.15) is 4.31 Å². The fourth-order valence-corrected chi connectivity index (χ4v) is 4.50. The van der Waals surface area contributed by atoms with Gasteiger partial charge in [0.15, 0.2) is 0 Å². The van der Waals surface area contributed by atoms with E-state index in [1.807, 2.05) is 4.90 Å². The molecule has 2 N–H and O–H groups in total. The lowest BCUT2D eigenvalue weighted by molar-refractivity contribution is -0.134. The fourth-order valence-electron chi connectivity index (χ4n) is 2.93. The number of amides is 1. The first-order valence-electron chi connectivity index (χ1n) is 8.49. The Morgan fingerprint density at radius 2 is 1.68 bits per heavy atom. The molecule has 2 aromatic carbocycles. The van der Waals surface area contributed by atoms with Crippen molar-refractivity contribution in [1.82, 2.24) is 14.7 Å². The summed E-state index contributed by atoms with van der Waals surface area (Å²) in [6, 6.07) is 10.1. The molecule has 0 spiro atoms. The van der Waals surface area contributed by atoms with E-state index in [1.165, 1.54) is 54.0 Å². The standard InChI is InChI=1S/C18H20FN3O5S/c1-21-10-11-22(17(12-21)18(23)20-24)28(25,26)16-8-6-15(7-9-16)27-14-4-2-13(19)3-5-14/h2-9,17,24H,10-12H2,1H3,(H,20,23). The van der Waals surface area contributed by atoms with Crippen LogP contribution in [0.1, 0.15) is 0 Å². The first kappa shape index (κ1) is 20.2. The zero-order valence-electron chi connectivity index (χ0n) is 15.1. The maximum Gasteiger partial charge on any atom is 0.263 e. The van der Waals surface area contributed by atoms with Crippen LogP contribution in [0.2, 0.25) is 0 Å². The number of hydrogen-bond donors (Lipinski definition) is 2. The third kappa shape index (κ3) is 4.30. The molecule has 1 heterocycles. The second kappa shape index (κ2) is 8.23. The molecule has 1 saturated heterocycles. The van der Waals surface area contributed by atoms with Gasteiger partial charge in [0.25, 0.3) is 5.91 Å². The van der Waals surface area contributed by atoms with Gasteiger partial charge in [-0.05, 0) is 55.6 Å². The van der Waals surface area contributed by atoms with E-state index in [-0.39, 0.29) is 23.8 Å². The number of carbonyl (C=O) groups excluding carboxylic acids is 1. The highest BCUT2D eigenvalue weighted by Crippen LogP contribution is 2.26. The Kier molecular flexibility index (Phi) is 5.94. The van der Waals surface area contributed by atoms with E-state index in [0.717, 1.165) is 4.31 Å². The second-order valence-corrected chi connectivity index (χ2v) is 8.29. The lowest BCUT2D eigenvalue weighted by Gasteiger charge is -2.37. The number of halogens is 1. The first-order valence-corrected chi connectivity index (χ1v) is 9.93. The average Bonchev–Trinajstić information content (AvgIpc) is 2.69. The molecule has 8 nitrogen and oxygen atoms in total. The summed E-state index contributed by atoms with van der Waals surface area (Å²) in [5.41, 5.74) is 1.53. The molecule has 0 aromatic heterocycles. The van der Waals surface area contributed by atoms with Crippen LogP contribution in [0.5, 0.6) is 11.5 Å². The number of likely N-dealkylation sites (N-methyl/N-ethyl adjacent to an activating group) is 1. The smallest absolute Gasteiger partial charge is 0.263 e. The van der Waals surface area contributed by atoms with E-state index in [4.69, 9.17) is 9.94 Å². The van der Waals surface area contributed by atoms with Crippen molar-refractivity contribution in [3.8, 4) is 11.5 Å². The third-order valence-corrected chi connectivity index (χ3v) is 6.35. The Labute approximate surface area is 162 Å². The third-order valence-electron chi connectivity index (χ3n) is 4.43. The molecule has 1 atom stereocenters. The largest absolute Gasteiger partial charge is 0.457 e. The van der Waals surface area contributed by atoms with Crippen LogP contribution in [0, 0.1) is 5.82 Å². The lowest BCUT2D eigenvalue weighted by Crippen LogP contribution is -2.59. The zero-order valence-corrected chi connectivity index (χ0v) is 15.9. The van der Waals surface area contributed by atoms with Gasteiger partial charge >= 0.3 is 0 Å². The summed E-state index contributed by atoms with van der Waals surface area (Å²) in [4.78, 5) is 13.8. The number of hydrogen-bond acceptors (Lipinski definition) is 6. The molecule has 1 amide bonds. The highest BCUT2D eigenvalue weighted by atomic mass is 32.2. The Morgan fingerprint density at radius 1 is 1.11 bits per heavy atom. The molecule has 28 heavy (non-hydrogen) atoms. The van der Waals surface area contributed by atoms with Crippen molar-refractivity contribution in [3.63, 3.8) is 0 Å². The summed E-state index contributed by atoms with van der Waals surface area (Å²) in [6.07, 6.45) is 0. The van der Waals surface area contributed by atoms with Crippen molar-refractivity contribution in [2.45, 2.75) is 10.9 Å². The summed E-state index contributed by atoms with van der Waals surface area (Å²) >= 11 is 0. The van der Waals surface area contributed by atoms with E-state index < -0.39 is 22.0 Å². The molecular weight excluding hydrogens is 389 g/mol. The van der Waals surface area contributed by atoms with Crippen LogP contribution < -0.4 is 10.2 Å².